The van der Waals surface area contributed by atoms with Crippen molar-refractivity contribution in [2.75, 3.05) is 0 Å². The molecule has 0 saturated carbocycles. The van der Waals surface area contributed by atoms with Crippen LogP contribution in [0.5, 0.6) is 28.7 Å². The Labute approximate surface area is 391 Å². The van der Waals surface area contributed by atoms with E-state index in [9.17, 15) is 0 Å². The zero-order valence-electron chi connectivity index (χ0n) is 36.1. The minimum atomic E-state index is -2.28. The second-order valence-electron chi connectivity index (χ2n) is 15.8. The Bertz CT molecular complexity index is 3250. The van der Waals surface area contributed by atoms with E-state index >= 15 is 0 Å². The van der Waals surface area contributed by atoms with E-state index in [4.69, 9.17) is 27.1 Å². The molecule has 0 aliphatic rings. The Morgan fingerprint density at radius 1 is 0.239 bits per heavy atom. The summed E-state index contributed by atoms with van der Waals surface area (Å²) >= 11 is 0. The van der Waals surface area contributed by atoms with E-state index in [1.807, 2.05) is 170 Å². The molecule has 0 aliphatic carbocycles. The third kappa shape index (κ3) is 8.63. The molecular weight excluding hydrogens is 867 g/mol. The maximum Gasteiger partial charge on any atom is 0.530 e. The molecule has 0 bridgehead atoms. The topological polar surface area (TPSA) is 55.4 Å². The van der Waals surface area contributed by atoms with Gasteiger partial charge in [0.1, 0.15) is 28.7 Å². The summed E-state index contributed by atoms with van der Waals surface area (Å²) in [6.07, 6.45) is 0. The van der Waals surface area contributed by atoms with Gasteiger partial charge in [0, 0.05) is 27.1 Å². The van der Waals surface area contributed by atoms with E-state index in [0.29, 0.717) is 34.3 Å². The quantitative estimate of drug-likeness (QED) is 0.0754. The van der Waals surface area contributed by atoms with Crippen LogP contribution in [0.25, 0.3) is 43.1 Å². The maximum atomic E-state index is 7.74. The lowest BCUT2D eigenvalue weighted by molar-refractivity contribution is 0.134. The molecule has 0 fully saturated rings. The van der Waals surface area contributed by atoms with Gasteiger partial charge in [0.05, 0.1) is 0 Å². The average molecular weight is 909 g/mol. The molecule has 0 atom stereocenters. The van der Waals surface area contributed by atoms with Crippen molar-refractivity contribution < 1.29 is 27.1 Å². The number of rotatable bonds is 15. The fourth-order valence-corrected chi connectivity index (χ4v) is 10.9. The average Bonchev–Trinajstić information content (AvgIpc) is 3.39. The highest BCUT2D eigenvalue weighted by atomic mass is 31.2. The van der Waals surface area contributed by atoms with E-state index in [0.717, 1.165) is 54.2 Å². The van der Waals surface area contributed by atoms with Gasteiger partial charge >= 0.3 is 17.2 Å². The monoisotopic (exact) mass is 908 g/mol. The number of fused-ring (bicyclic) bond motifs is 4. The Morgan fingerprint density at radius 2 is 0.522 bits per heavy atom. The van der Waals surface area contributed by atoms with Crippen LogP contribution in [0.15, 0.2) is 255 Å². The first-order valence-corrected chi connectivity index (χ1v) is 24.2. The van der Waals surface area contributed by atoms with Gasteiger partial charge in [-0.3, -0.25) is 4.52 Å². The molecule has 324 valence electrons. The van der Waals surface area contributed by atoms with Gasteiger partial charge in [0.25, 0.3) is 0 Å². The van der Waals surface area contributed by atoms with Gasteiger partial charge in [-0.2, -0.15) is 0 Å². The van der Waals surface area contributed by atoms with Crippen molar-refractivity contribution in [3.05, 3.63) is 271 Å². The largest absolute Gasteiger partial charge is 0.530 e. The van der Waals surface area contributed by atoms with Crippen LogP contribution in [0.3, 0.4) is 0 Å². The molecule has 0 radical (unpaired) electrons. The molecule has 11 aromatic carbocycles. The first kappa shape index (κ1) is 41.9. The summed E-state index contributed by atoms with van der Waals surface area (Å²) in [4.78, 5) is 0. The van der Waals surface area contributed by atoms with E-state index in [1.54, 1.807) is 0 Å². The molecule has 0 aromatic heterocycles. The van der Waals surface area contributed by atoms with Crippen molar-refractivity contribution >= 4 is 60.3 Å². The summed E-state index contributed by atoms with van der Waals surface area (Å²) in [6, 6.07) is 84.8. The van der Waals surface area contributed by atoms with Crippen LogP contribution in [-0.2, 0) is 10.1 Å². The highest BCUT2D eigenvalue weighted by Gasteiger charge is 2.46. The lowest BCUT2D eigenvalue weighted by Crippen LogP contribution is -2.33. The molecule has 0 heterocycles. The highest BCUT2D eigenvalue weighted by molar-refractivity contribution is 7.43. The molecule has 67 heavy (non-hydrogen) atoms. The number of hydrogen-bond acceptors (Lipinski definition) is 6. The summed E-state index contributed by atoms with van der Waals surface area (Å²) < 4.78 is 43.0. The van der Waals surface area contributed by atoms with Gasteiger partial charge in [0.15, 0.2) is 5.60 Å². The Kier molecular flexibility index (Phi) is 11.9. The van der Waals surface area contributed by atoms with Gasteiger partial charge in [-0.15, -0.1) is 0 Å². The highest BCUT2D eigenvalue weighted by Crippen LogP contribution is 2.57. The molecule has 6 nitrogen and oxygen atoms in total. The van der Waals surface area contributed by atoms with Crippen molar-refractivity contribution in [1.82, 2.24) is 0 Å². The van der Waals surface area contributed by atoms with E-state index in [1.165, 1.54) is 0 Å². The molecule has 8 heteroatoms. The summed E-state index contributed by atoms with van der Waals surface area (Å²) in [5.74, 6) is 2.99. The third-order valence-electron chi connectivity index (χ3n) is 11.7. The molecule has 0 spiro atoms. The van der Waals surface area contributed by atoms with Gasteiger partial charge in [-0.1, -0.05) is 224 Å². The summed E-state index contributed by atoms with van der Waals surface area (Å²) in [6.45, 7) is 0. The first-order chi connectivity index (χ1) is 33.2. The van der Waals surface area contributed by atoms with Crippen molar-refractivity contribution in [2.24, 2.45) is 0 Å². The number of para-hydroxylation sites is 1. The maximum absolute atomic E-state index is 7.74. The first-order valence-electron chi connectivity index (χ1n) is 22.0. The molecule has 0 unspecified atom stereocenters. The standard InChI is InChI=1S/C59H42O6P2/c1-3-29-47(30-4-1)59(48-31-5-2-6-32-48,65-67(62-56-41-19-27-45-23-9-13-35-51(45)56)63-57-42-20-28-46-24-10-14-36-52(46)57)53-37-15-16-38-58(53)64-66(60-54-39-17-25-43-21-7-11-33-49(43)54)61-55-40-18-26-44-22-8-12-34-50(44)55/h1-42H. The van der Waals surface area contributed by atoms with Gasteiger partial charge in [0.2, 0.25) is 0 Å². The van der Waals surface area contributed by atoms with Crippen LogP contribution in [0.2, 0.25) is 0 Å². The normalized spacial score (nSPS) is 11.6. The minimum absolute atomic E-state index is 0.479. The summed E-state index contributed by atoms with van der Waals surface area (Å²) in [5, 5.41) is 7.85. The number of hydrogen-bond donors (Lipinski definition) is 0. The molecule has 11 rings (SSSR count). The molecule has 0 N–H and O–H groups in total. The second kappa shape index (κ2) is 19.0. The van der Waals surface area contributed by atoms with Crippen LogP contribution in [0.1, 0.15) is 16.7 Å². The van der Waals surface area contributed by atoms with Gasteiger partial charge in [-0.05, 0) is 63.0 Å². The van der Waals surface area contributed by atoms with Crippen LogP contribution in [-0.4, -0.2) is 0 Å². The van der Waals surface area contributed by atoms with Crippen LogP contribution >= 0.6 is 17.2 Å². The zero-order chi connectivity index (χ0) is 44.8. The van der Waals surface area contributed by atoms with Gasteiger partial charge in [-0.25, -0.2) is 0 Å². The molecule has 0 amide bonds. The number of benzene rings is 11. The van der Waals surface area contributed by atoms with Crippen LogP contribution in [0, 0.1) is 0 Å². The second-order valence-corrected chi connectivity index (χ2v) is 17.8. The third-order valence-corrected chi connectivity index (χ3v) is 13.9. The minimum Gasteiger partial charge on any atom is -0.417 e. The molecular formula is C59H42O6P2. The Balaban J connectivity index is 1.09. The lowest BCUT2D eigenvalue weighted by Gasteiger charge is -2.38. The molecule has 0 saturated heterocycles. The predicted octanol–water partition coefficient (Wildman–Crippen LogP) is 16.8. The van der Waals surface area contributed by atoms with Crippen molar-refractivity contribution in [2.45, 2.75) is 5.60 Å². The molecule has 0 aliphatic heterocycles. The smallest absolute Gasteiger partial charge is 0.417 e. The van der Waals surface area contributed by atoms with Gasteiger partial charge < -0.3 is 22.6 Å². The van der Waals surface area contributed by atoms with Crippen LogP contribution < -0.4 is 22.6 Å². The van der Waals surface area contributed by atoms with E-state index < -0.39 is 22.8 Å². The van der Waals surface area contributed by atoms with E-state index in [2.05, 4.69) is 84.9 Å². The Morgan fingerprint density at radius 3 is 0.925 bits per heavy atom. The Hall–Kier alpha value is -7.72. The fourth-order valence-electron chi connectivity index (χ4n) is 8.54. The predicted molar refractivity (Wildman–Crippen MR) is 273 cm³/mol. The summed E-state index contributed by atoms with van der Waals surface area (Å²) in [5.41, 5.74) is 0.919. The summed E-state index contributed by atoms with van der Waals surface area (Å²) in [7, 11) is -4.47. The van der Waals surface area contributed by atoms with E-state index in [-0.39, 0.29) is 0 Å². The SMILES string of the molecule is c1ccc(C(OP(Oc2cccc3ccccc23)Oc2cccc3ccccc23)(c2ccccc2)c2ccccc2OP(Oc2cccc3ccccc23)Oc2cccc3ccccc23)cc1. The van der Waals surface area contributed by atoms with Crippen molar-refractivity contribution in [3.8, 4) is 28.7 Å². The van der Waals surface area contributed by atoms with Crippen LogP contribution in [0.4, 0.5) is 0 Å². The molecule has 11 aromatic rings. The van der Waals surface area contributed by atoms with Crippen molar-refractivity contribution in [3.63, 3.8) is 0 Å². The lowest BCUT2D eigenvalue weighted by atomic mass is 9.80. The zero-order valence-corrected chi connectivity index (χ0v) is 37.9. The van der Waals surface area contributed by atoms with Crippen molar-refractivity contribution in [1.29, 1.82) is 0 Å². The fraction of sp³-hybridized carbons (Fsp3) is 0.0169.